The first-order valence-corrected chi connectivity index (χ1v) is 7.96. The Morgan fingerprint density at radius 2 is 1.52 bits per heavy atom. The fraction of sp³-hybridized carbons (Fsp3) is 0. The average molecular weight is 387 g/mol. The molecule has 0 fully saturated rings. The minimum atomic E-state index is -0.260. The molecule has 5 aromatic heterocycles. The zero-order valence-corrected chi connectivity index (χ0v) is 14.4. The van der Waals surface area contributed by atoms with Gasteiger partial charge in [-0.2, -0.15) is 10.5 Å². The van der Waals surface area contributed by atoms with Crippen molar-refractivity contribution >= 4 is 21.8 Å². The Kier molecular flexibility index (Phi) is 4.48. The minimum Gasteiger partial charge on any atom is -0.313 e. The van der Waals surface area contributed by atoms with Crippen molar-refractivity contribution in [3.63, 3.8) is 0 Å². The monoisotopic (exact) mass is 387 g/mol. The molecule has 0 saturated carbocycles. The molecular weight excluding hydrogens is 378 g/mol. The number of aromatic amines is 3. The first-order chi connectivity index (χ1) is 14.2. The Morgan fingerprint density at radius 3 is 2.14 bits per heavy atom. The molecule has 140 valence electrons. The zero-order valence-electron chi connectivity index (χ0n) is 14.4. The minimum absolute atomic E-state index is 0.214. The lowest BCUT2D eigenvalue weighted by atomic mass is 10.2. The van der Waals surface area contributed by atoms with E-state index in [9.17, 15) is 9.59 Å². The van der Waals surface area contributed by atoms with Crippen LogP contribution in [0, 0.1) is 11.3 Å². The Hall–Kier alpha value is -4.86. The lowest BCUT2D eigenvalue weighted by Crippen LogP contribution is -2.06. The Morgan fingerprint density at radius 1 is 0.862 bits per heavy atom. The molecule has 0 spiro atoms. The highest BCUT2D eigenvalue weighted by atomic mass is 16.1. The first-order valence-electron chi connectivity index (χ1n) is 7.96. The Labute approximate surface area is 159 Å². The number of tetrazole rings is 1. The summed E-state index contributed by atoms with van der Waals surface area (Å²) in [4.78, 5) is 43.4. The van der Waals surface area contributed by atoms with Crippen molar-refractivity contribution in [3.8, 4) is 17.6 Å². The van der Waals surface area contributed by atoms with Crippen LogP contribution in [0.5, 0.6) is 0 Å². The summed E-state index contributed by atoms with van der Waals surface area (Å²) in [5, 5.41) is 22.7. The van der Waals surface area contributed by atoms with Crippen LogP contribution in [-0.2, 0) is 0 Å². The molecule has 13 nitrogen and oxygen atoms in total. The molecule has 3 N–H and O–H groups in total. The predicted octanol–water partition coefficient (Wildman–Crippen LogP) is -0.312. The summed E-state index contributed by atoms with van der Waals surface area (Å²) < 4.78 is 0. The highest BCUT2D eigenvalue weighted by Gasteiger charge is 2.07. The van der Waals surface area contributed by atoms with E-state index in [1.54, 1.807) is 6.07 Å². The van der Waals surface area contributed by atoms with Gasteiger partial charge >= 0.3 is 0 Å². The number of nitrogens with one attached hydrogen (secondary N) is 3. The van der Waals surface area contributed by atoms with Crippen LogP contribution in [0.1, 0.15) is 5.69 Å². The van der Waals surface area contributed by atoms with Crippen molar-refractivity contribution in [3.05, 3.63) is 63.6 Å². The molecule has 5 aromatic rings. The van der Waals surface area contributed by atoms with Crippen molar-refractivity contribution < 1.29 is 0 Å². The maximum absolute atomic E-state index is 11.5. The molecule has 0 radical (unpaired) electrons. The summed E-state index contributed by atoms with van der Waals surface area (Å²) in [5.41, 5.74) is 1.21. The largest absolute Gasteiger partial charge is 0.313 e. The smallest absolute Gasteiger partial charge is 0.258 e. The van der Waals surface area contributed by atoms with Crippen LogP contribution in [-0.4, -0.2) is 50.5 Å². The first kappa shape index (κ1) is 17.5. The van der Waals surface area contributed by atoms with Crippen molar-refractivity contribution in [2.24, 2.45) is 0 Å². The fourth-order valence-electron chi connectivity index (χ4n) is 2.40. The Balaban J connectivity index is 0.000000145. The van der Waals surface area contributed by atoms with E-state index in [1.807, 2.05) is 6.07 Å². The number of hydrogen-bond donors (Lipinski definition) is 3. The quantitative estimate of drug-likeness (QED) is 0.343. The molecule has 0 aliphatic heterocycles. The van der Waals surface area contributed by atoms with Gasteiger partial charge in [0, 0.05) is 0 Å². The van der Waals surface area contributed by atoms with E-state index in [1.165, 1.54) is 31.1 Å². The molecule has 5 heterocycles. The lowest BCUT2D eigenvalue weighted by Gasteiger charge is -1.96. The van der Waals surface area contributed by atoms with E-state index >= 15 is 0 Å². The van der Waals surface area contributed by atoms with Crippen LogP contribution in [0.2, 0.25) is 0 Å². The van der Waals surface area contributed by atoms with Crippen LogP contribution in [0.25, 0.3) is 33.3 Å². The van der Waals surface area contributed by atoms with Crippen LogP contribution in [0.4, 0.5) is 0 Å². The van der Waals surface area contributed by atoms with Crippen molar-refractivity contribution in [1.82, 2.24) is 50.5 Å². The van der Waals surface area contributed by atoms with Gasteiger partial charge in [0.05, 0.1) is 46.9 Å². The molecule has 0 aliphatic carbocycles. The fourth-order valence-corrected chi connectivity index (χ4v) is 2.40. The van der Waals surface area contributed by atoms with Crippen LogP contribution in [0.3, 0.4) is 0 Å². The highest BCUT2D eigenvalue weighted by Crippen LogP contribution is 2.13. The van der Waals surface area contributed by atoms with E-state index in [0.29, 0.717) is 33.3 Å². The normalized spacial score (nSPS) is 10.3. The topological polar surface area (TPSA) is 196 Å². The van der Waals surface area contributed by atoms with E-state index in [0.717, 1.165) is 0 Å². The second-order valence-corrected chi connectivity index (χ2v) is 5.48. The van der Waals surface area contributed by atoms with Crippen molar-refractivity contribution in [2.75, 3.05) is 0 Å². The van der Waals surface area contributed by atoms with Gasteiger partial charge in [-0.15, -0.1) is 10.2 Å². The number of H-pyrrole nitrogens is 3. The van der Waals surface area contributed by atoms with Crippen LogP contribution >= 0.6 is 0 Å². The molecular formula is C16H9N11O2. The Bertz CT molecular complexity index is 1460. The third kappa shape index (κ3) is 3.53. The summed E-state index contributed by atoms with van der Waals surface area (Å²) in [6.07, 6.45) is 5.54. The van der Waals surface area contributed by atoms with Crippen LogP contribution in [0.15, 0.2) is 46.8 Å². The highest BCUT2D eigenvalue weighted by molar-refractivity contribution is 5.79. The third-order valence-corrected chi connectivity index (χ3v) is 3.74. The van der Waals surface area contributed by atoms with Crippen molar-refractivity contribution in [2.45, 2.75) is 0 Å². The van der Waals surface area contributed by atoms with E-state index in [-0.39, 0.29) is 16.8 Å². The number of rotatable bonds is 1. The molecule has 0 unspecified atom stereocenters. The SMILES string of the molecule is N#Cc1cc2c(=O)[nH]cnc2cn1.O=c1[nH]cnc2cnc(-c3nn[nH]n3)cc12. The van der Waals surface area contributed by atoms with Gasteiger partial charge in [-0.1, -0.05) is 0 Å². The molecule has 0 aromatic carbocycles. The molecule has 0 bridgehead atoms. The lowest BCUT2D eigenvalue weighted by molar-refractivity contribution is 0.881. The van der Waals surface area contributed by atoms with Gasteiger partial charge in [0.2, 0.25) is 5.82 Å². The third-order valence-electron chi connectivity index (χ3n) is 3.74. The van der Waals surface area contributed by atoms with Gasteiger partial charge in [0.25, 0.3) is 11.1 Å². The maximum Gasteiger partial charge on any atom is 0.258 e. The summed E-state index contributed by atoms with van der Waals surface area (Å²) >= 11 is 0. The summed E-state index contributed by atoms with van der Waals surface area (Å²) in [6.45, 7) is 0. The predicted molar refractivity (Wildman–Crippen MR) is 98.2 cm³/mol. The van der Waals surface area contributed by atoms with Gasteiger partial charge in [-0.25, -0.2) is 15.0 Å². The van der Waals surface area contributed by atoms with E-state index in [4.69, 9.17) is 5.26 Å². The van der Waals surface area contributed by atoms with E-state index in [2.05, 4.69) is 50.5 Å². The van der Waals surface area contributed by atoms with Crippen LogP contribution < -0.4 is 11.1 Å². The second-order valence-electron chi connectivity index (χ2n) is 5.48. The standard InChI is InChI=1S/C8H5N7O.C8H4N4O/c16-8-4-1-5(7-12-14-15-13-7)9-2-6(4)10-3-11-8;9-2-5-1-6-7(3-10-5)11-4-12-8(6)13/h1-3H,(H,10,11,16)(H,12,13,14,15);1,3-4H,(H,11,12,13). The zero-order chi connectivity index (χ0) is 20.2. The number of nitriles is 1. The number of fused-ring (bicyclic) bond motifs is 2. The van der Waals surface area contributed by atoms with E-state index < -0.39 is 0 Å². The second kappa shape index (κ2) is 7.40. The summed E-state index contributed by atoms with van der Waals surface area (Å²) in [5.74, 6) is 0.338. The summed E-state index contributed by atoms with van der Waals surface area (Å²) in [7, 11) is 0. The number of nitrogens with zero attached hydrogens (tertiary/aromatic N) is 8. The average Bonchev–Trinajstić information content (AvgIpc) is 3.29. The molecule has 0 atom stereocenters. The van der Waals surface area contributed by atoms with Gasteiger partial charge in [0.15, 0.2) is 0 Å². The molecule has 0 aliphatic rings. The van der Waals surface area contributed by atoms with Gasteiger partial charge in [0.1, 0.15) is 17.5 Å². The molecule has 0 saturated heterocycles. The van der Waals surface area contributed by atoms with Crippen molar-refractivity contribution in [1.29, 1.82) is 5.26 Å². The van der Waals surface area contributed by atoms with Gasteiger partial charge < -0.3 is 9.97 Å². The molecule has 0 amide bonds. The molecule has 13 heteroatoms. The molecule has 5 rings (SSSR count). The van der Waals surface area contributed by atoms with Gasteiger partial charge in [-0.3, -0.25) is 14.6 Å². The maximum atomic E-state index is 11.5. The molecule has 29 heavy (non-hydrogen) atoms. The van der Waals surface area contributed by atoms with Gasteiger partial charge in [-0.05, 0) is 17.3 Å². The number of hydrogen-bond acceptors (Lipinski definition) is 10. The number of aromatic nitrogens is 10. The summed E-state index contributed by atoms with van der Waals surface area (Å²) in [6, 6.07) is 4.85. The number of pyridine rings is 2.